The molecule has 0 radical (unpaired) electrons. The van der Waals surface area contributed by atoms with Crippen LogP contribution in [0.15, 0.2) is 85.1 Å². The molecule has 6 nitrogen and oxygen atoms in total. The lowest BCUT2D eigenvalue weighted by Crippen LogP contribution is -2.27. The number of benzene rings is 3. The molecule has 1 N–H and O–H groups in total. The number of methoxy groups -OCH3 is 1. The number of para-hydroxylation sites is 1. The molecule has 6 heteroatoms. The van der Waals surface area contributed by atoms with E-state index in [0.717, 1.165) is 22.0 Å². The van der Waals surface area contributed by atoms with E-state index in [9.17, 15) is 9.59 Å². The summed E-state index contributed by atoms with van der Waals surface area (Å²) in [5, 5.41) is 4.08. The Balaban J connectivity index is 1.44. The van der Waals surface area contributed by atoms with Gasteiger partial charge in [0.15, 0.2) is 0 Å². The third kappa shape index (κ3) is 5.35. The van der Waals surface area contributed by atoms with Crippen molar-refractivity contribution in [1.29, 1.82) is 0 Å². The quantitative estimate of drug-likeness (QED) is 0.280. The molecule has 1 aromatic heterocycles. The zero-order valence-electron chi connectivity index (χ0n) is 19.4. The van der Waals surface area contributed by atoms with Gasteiger partial charge in [0, 0.05) is 18.1 Å². The maximum absolute atomic E-state index is 13.2. The van der Waals surface area contributed by atoms with Crippen molar-refractivity contribution in [3.05, 3.63) is 107 Å². The smallest absolute Gasteiger partial charge is 0.337 e. The first kappa shape index (κ1) is 23.3. The van der Waals surface area contributed by atoms with E-state index in [1.165, 1.54) is 7.11 Å². The summed E-state index contributed by atoms with van der Waals surface area (Å²) in [6.07, 6.45) is 1.99. The maximum atomic E-state index is 13.2. The van der Waals surface area contributed by atoms with Crippen LogP contribution in [0.25, 0.3) is 10.9 Å². The predicted octanol–water partition coefficient (Wildman–Crippen LogP) is 5.14. The fourth-order valence-electron chi connectivity index (χ4n) is 3.94. The number of carbonyl (C=O) groups excluding carboxylic acids is 2. The van der Waals surface area contributed by atoms with Gasteiger partial charge in [0.2, 0.25) is 0 Å². The van der Waals surface area contributed by atoms with Crippen LogP contribution in [0, 0.1) is 0 Å². The summed E-state index contributed by atoms with van der Waals surface area (Å²) in [5.74, 6) is -0.538. The van der Waals surface area contributed by atoms with Crippen LogP contribution < -0.4 is 5.32 Å². The molecule has 0 saturated carbocycles. The number of carbonyl (C=O) groups is 2. The van der Waals surface area contributed by atoms with E-state index in [1.54, 1.807) is 12.1 Å². The normalized spacial score (nSPS) is 11.8. The fourth-order valence-corrected chi connectivity index (χ4v) is 3.94. The summed E-state index contributed by atoms with van der Waals surface area (Å²) in [4.78, 5) is 24.9. The minimum atomic E-state index is -0.386. The number of fused-ring (bicyclic) bond motifs is 1. The van der Waals surface area contributed by atoms with E-state index in [4.69, 9.17) is 9.47 Å². The van der Waals surface area contributed by atoms with Gasteiger partial charge in [0.1, 0.15) is 0 Å². The Morgan fingerprint density at radius 3 is 2.44 bits per heavy atom. The van der Waals surface area contributed by atoms with Gasteiger partial charge >= 0.3 is 5.97 Å². The molecule has 34 heavy (non-hydrogen) atoms. The Kier molecular flexibility index (Phi) is 7.40. The SMILES string of the molecule is COC(=O)c1ccc([C@H](C)NC(=O)c2cccc3ccn(CCOCc4ccccc4)c23)cc1. The first-order chi connectivity index (χ1) is 16.6. The summed E-state index contributed by atoms with van der Waals surface area (Å²) in [6.45, 7) is 3.66. The molecule has 0 fully saturated rings. The molecule has 1 amide bonds. The second-order valence-corrected chi connectivity index (χ2v) is 8.10. The van der Waals surface area contributed by atoms with Gasteiger partial charge in [-0.05, 0) is 42.3 Å². The molecule has 3 aromatic carbocycles. The molecule has 0 aliphatic rings. The fraction of sp³-hybridized carbons (Fsp3) is 0.214. The van der Waals surface area contributed by atoms with Gasteiger partial charge in [-0.1, -0.05) is 54.6 Å². The van der Waals surface area contributed by atoms with E-state index in [0.29, 0.717) is 30.9 Å². The Labute approximate surface area is 199 Å². The average Bonchev–Trinajstić information content (AvgIpc) is 3.30. The topological polar surface area (TPSA) is 69.6 Å². The number of ether oxygens (including phenoxy) is 2. The minimum absolute atomic E-state index is 0.153. The van der Waals surface area contributed by atoms with Crippen molar-refractivity contribution in [3.63, 3.8) is 0 Å². The lowest BCUT2D eigenvalue weighted by Gasteiger charge is -2.16. The zero-order chi connectivity index (χ0) is 23.9. The summed E-state index contributed by atoms with van der Waals surface area (Å²) >= 11 is 0. The van der Waals surface area contributed by atoms with Crippen molar-refractivity contribution in [2.45, 2.75) is 26.1 Å². The van der Waals surface area contributed by atoms with Crippen LogP contribution in [0.1, 0.15) is 44.8 Å². The molecular formula is C28H28N2O4. The van der Waals surface area contributed by atoms with Crippen molar-refractivity contribution in [1.82, 2.24) is 9.88 Å². The van der Waals surface area contributed by atoms with E-state index in [2.05, 4.69) is 9.88 Å². The number of hydrogen-bond acceptors (Lipinski definition) is 4. The number of amides is 1. The molecule has 1 atom stereocenters. The van der Waals surface area contributed by atoms with Crippen molar-refractivity contribution in [2.75, 3.05) is 13.7 Å². The summed E-state index contributed by atoms with van der Waals surface area (Å²) in [7, 11) is 1.35. The average molecular weight is 457 g/mol. The predicted molar refractivity (Wildman–Crippen MR) is 132 cm³/mol. The van der Waals surface area contributed by atoms with E-state index < -0.39 is 0 Å². The molecule has 174 valence electrons. The third-order valence-electron chi connectivity index (χ3n) is 5.80. The Morgan fingerprint density at radius 1 is 0.941 bits per heavy atom. The molecule has 0 bridgehead atoms. The van der Waals surface area contributed by atoms with Crippen LogP contribution in [0.2, 0.25) is 0 Å². The first-order valence-electron chi connectivity index (χ1n) is 11.3. The zero-order valence-corrected chi connectivity index (χ0v) is 19.4. The highest BCUT2D eigenvalue weighted by Gasteiger charge is 2.17. The second kappa shape index (κ2) is 10.8. The lowest BCUT2D eigenvalue weighted by atomic mass is 10.0. The summed E-state index contributed by atoms with van der Waals surface area (Å²) in [6, 6.07) is 24.6. The largest absolute Gasteiger partial charge is 0.465 e. The molecule has 4 rings (SSSR count). The van der Waals surface area contributed by atoms with Crippen LogP contribution in [-0.2, 0) is 22.6 Å². The molecule has 4 aromatic rings. The number of aromatic nitrogens is 1. The summed E-state index contributed by atoms with van der Waals surface area (Å²) < 4.78 is 12.6. The first-order valence-corrected chi connectivity index (χ1v) is 11.3. The van der Waals surface area contributed by atoms with Gasteiger partial charge in [-0.3, -0.25) is 4.79 Å². The molecule has 0 spiro atoms. The van der Waals surface area contributed by atoms with Gasteiger partial charge in [-0.15, -0.1) is 0 Å². The summed E-state index contributed by atoms with van der Waals surface area (Å²) in [5.41, 5.74) is 4.01. The van der Waals surface area contributed by atoms with Gasteiger partial charge in [-0.2, -0.15) is 0 Å². The highest BCUT2D eigenvalue weighted by molar-refractivity contribution is 6.06. The standard InChI is InChI=1S/C28H28N2O4/c1-20(22-11-13-24(14-12-22)28(32)33-2)29-27(31)25-10-6-9-23-15-16-30(26(23)25)17-18-34-19-21-7-4-3-5-8-21/h3-16,20H,17-19H2,1-2H3,(H,29,31)/t20-/m0/s1. The van der Waals surface area contributed by atoms with Crippen LogP contribution >= 0.6 is 0 Å². The van der Waals surface area contributed by atoms with Crippen LogP contribution in [-0.4, -0.2) is 30.2 Å². The van der Waals surface area contributed by atoms with Crippen molar-refractivity contribution < 1.29 is 19.1 Å². The molecular weight excluding hydrogens is 428 g/mol. The number of hydrogen-bond donors (Lipinski definition) is 1. The van der Waals surface area contributed by atoms with E-state index >= 15 is 0 Å². The Hall–Kier alpha value is -3.90. The van der Waals surface area contributed by atoms with Crippen LogP contribution in [0.3, 0.4) is 0 Å². The Morgan fingerprint density at radius 2 is 1.71 bits per heavy atom. The van der Waals surface area contributed by atoms with Crippen molar-refractivity contribution in [3.8, 4) is 0 Å². The molecule has 0 saturated heterocycles. The second-order valence-electron chi connectivity index (χ2n) is 8.10. The van der Waals surface area contributed by atoms with Crippen molar-refractivity contribution >= 4 is 22.8 Å². The van der Waals surface area contributed by atoms with Gasteiger partial charge in [0.05, 0.1) is 43.0 Å². The van der Waals surface area contributed by atoms with Gasteiger partial charge in [0.25, 0.3) is 5.91 Å². The van der Waals surface area contributed by atoms with Crippen LogP contribution in [0.4, 0.5) is 0 Å². The van der Waals surface area contributed by atoms with E-state index in [-0.39, 0.29) is 17.9 Å². The minimum Gasteiger partial charge on any atom is -0.465 e. The third-order valence-corrected chi connectivity index (χ3v) is 5.80. The monoisotopic (exact) mass is 456 g/mol. The number of esters is 1. The maximum Gasteiger partial charge on any atom is 0.337 e. The van der Waals surface area contributed by atoms with Gasteiger partial charge < -0.3 is 19.4 Å². The highest BCUT2D eigenvalue weighted by Crippen LogP contribution is 2.22. The number of nitrogens with one attached hydrogen (secondary N) is 1. The van der Waals surface area contributed by atoms with Crippen LogP contribution in [0.5, 0.6) is 0 Å². The van der Waals surface area contributed by atoms with Gasteiger partial charge in [-0.25, -0.2) is 4.79 Å². The van der Waals surface area contributed by atoms with Crippen molar-refractivity contribution in [2.24, 2.45) is 0 Å². The van der Waals surface area contributed by atoms with E-state index in [1.807, 2.05) is 79.9 Å². The molecule has 0 unspecified atom stereocenters. The highest BCUT2D eigenvalue weighted by atomic mass is 16.5. The Bertz CT molecular complexity index is 1260. The molecule has 0 aliphatic carbocycles. The number of nitrogens with zero attached hydrogens (tertiary/aromatic N) is 1. The lowest BCUT2D eigenvalue weighted by molar-refractivity contribution is 0.0600. The number of rotatable bonds is 9. The molecule has 0 aliphatic heterocycles. The molecule has 1 heterocycles.